The lowest BCUT2D eigenvalue weighted by Gasteiger charge is -2.23. The fraction of sp³-hybridized carbons (Fsp3) is 0.600. The Morgan fingerprint density at radius 2 is 1.69 bits per heavy atom. The normalized spacial score (nSPS) is 15.5. The molecule has 29 heavy (non-hydrogen) atoms. The molecule has 0 aromatic rings. The molecule has 2 N–H and O–H groups in total. The number of allylic oxidation sites excluding steroid dienone is 6. The Bertz CT molecular complexity index is 716. The Morgan fingerprint density at radius 1 is 1.03 bits per heavy atom. The van der Waals surface area contributed by atoms with Crippen molar-refractivity contribution in [3.63, 3.8) is 0 Å². The lowest BCUT2D eigenvalue weighted by atomic mass is 9.87. The zero-order valence-electron chi connectivity index (χ0n) is 19.2. The predicted octanol–water partition coefficient (Wildman–Crippen LogP) is 6.11. The van der Waals surface area contributed by atoms with Crippen LogP contribution in [0.25, 0.3) is 0 Å². The lowest BCUT2D eigenvalue weighted by Crippen LogP contribution is -2.32. The van der Waals surface area contributed by atoms with Crippen molar-refractivity contribution in [2.24, 2.45) is 5.92 Å². The Hall–Kier alpha value is -2.10. The van der Waals surface area contributed by atoms with Crippen LogP contribution in [0.15, 0.2) is 45.9 Å². The third kappa shape index (κ3) is 8.04. The molecule has 1 rings (SSSR count). The number of unbranched alkanes of at least 4 members (excludes halogenated alkanes) is 2. The van der Waals surface area contributed by atoms with E-state index in [1.165, 1.54) is 5.57 Å². The number of carbonyl (C=O) groups excluding carboxylic acids is 2. The molecule has 0 saturated heterocycles. The van der Waals surface area contributed by atoms with Crippen molar-refractivity contribution in [2.75, 3.05) is 6.54 Å². The summed E-state index contributed by atoms with van der Waals surface area (Å²) in [5.41, 5.74) is 3.55. The Kier molecular flexibility index (Phi) is 10.7. The number of carbonyl (C=O) groups is 2. The molecule has 0 aromatic heterocycles. The van der Waals surface area contributed by atoms with Crippen LogP contribution >= 0.6 is 0 Å². The van der Waals surface area contributed by atoms with Gasteiger partial charge in [0, 0.05) is 12.1 Å². The summed E-state index contributed by atoms with van der Waals surface area (Å²) in [5.74, 6) is -0.705. The molecule has 1 aliphatic carbocycles. The van der Waals surface area contributed by atoms with Gasteiger partial charge in [0.15, 0.2) is 0 Å². The lowest BCUT2D eigenvalue weighted by molar-refractivity contribution is -0.132. The van der Waals surface area contributed by atoms with Crippen LogP contribution in [-0.4, -0.2) is 23.2 Å². The van der Waals surface area contributed by atoms with Crippen molar-refractivity contribution in [3.8, 4) is 0 Å². The smallest absolute Gasteiger partial charge is 0.233 e. The van der Waals surface area contributed by atoms with Crippen molar-refractivity contribution in [2.45, 2.75) is 86.5 Å². The van der Waals surface area contributed by atoms with Crippen LogP contribution in [0.2, 0.25) is 0 Å². The van der Waals surface area contributed by atoms with Gasteiger partial charge in [-0.05, 0) is 58.8 Å². The average Bonchev–Trinajstić information content (AvgIpc) is 2.64. The Morgan fingerprint density at radius 3 is 2.28 bits per heavy atom. The monoisotopic (exact) mass is 401 g/mol. The van der Waals surface area contributed by atoms with Crippen LogP contribution < -0.4 is 5.32 Å². The highest BCUT2D eigenvalue weighted by atomic mass is 16.3. The topological polar surface area (TPSA) is 66.4 Å². The molecule has 4 nitrogen and oxygen atoms in total. The van der Waals surface area contributed by atoms with E-state index in [0.717, 1.165) is 37.7 Å². The molecule has 162 valence electrons. The molecule has 0 radical (unpaired) electrons. The van der Waals surface area contributed by atoms with Crippen LogP contribution in [0.5, 0.6) is 0 Å². The second-order valence-electron chi connectivity index (χ2n) is 8.65. The maximum absolute atomic E-state index is 12.8. The third-order valence-electron chi connectivity index (χ3n) is 5.04. The number of nitrogens with one attached hydrogen (secondary N) is 1. The largest absolute Gasteiger partial charge is 0.505 e. The number of ketones is 2. The molecule has 0 bridgehead atoms. The molecule has 0 unspecified atom stereocenters. The van der Waals surface area contributed by atoms with Crippen LogP contribution in [0, 0.1) is 5.92 Å². The first-order chi connectivity index (χ1) is 13.7. The van der Waals surface area contributed by atoms with Crippen molar-refractivity contribution < 1.29 is 14.7 Å². The number of Topliss-reactive ketones (excluding diaryl/α,β-unsaturated/α-hetero) is 2. The molecular weight excluding hydrogens is 362 g/mol. The Labute approximate surface area is 176 Å². The molecule has 0 aliphatic heterocycles. The summed E-state index contributed by atoms with van der Waals surface area (Å²) >= 11 is 0. The molecule has 0 amide bonds. The molecule has 4 heteroatoms. The molecule has 1 aliphatic rings. The summed E-state index contributed by atoms with van der Waals surface area (Å²) in [4.78, 5) is 25.5. The van der Waals surface area contributed by atoms with Gasteiger partial charge in [-0.3, -0.25) is 9.59 Å². The first-order valence-corrected chi connectivity index (χ1v) is 11.0. The molecule has 0 aromatic carbocycles. The molecule has 0 spiro atoms. The van der Waals surface area contributed by atoms with E-state index >= 15 is 0 Å². The van der Waals surface area contributed by atoms with E-state index < -0.39 is 11.6 Å². The van der Waals surface area contributed by atoms with Crippen molar-refractivity contribution in [3.05, 3.63) is 45.9 Å². The molecule has 0 saturated carbocycles. The molecular formula is C25H39NO3. The van der Waals surface area contributed by atoms with Gasteiger partial charge in [0.05, 0.1) is 11.3 Å². The predicted molar refractivity (Wildman–Crippen MR) is 121 cm³/mol. The molecule has 0 heterocycles. The van der Waals surface area contributed by atoms with Gasteiger partial charge in [0.25, 0.3) is 0 Å². The van der Waals surface area contributed by atoms with E-state index in [9.17, 15) is 14.7 Å². The zero-order chi connectivity index (χ0) is 22.0. The number of hydrogen-bond acceptors (Lipinski definition) is 4. The first kappa shape index (κ1) is 24.9. The minimum absolute atomic E-state index is 0.0462. The van der Waals surface area contributed by atoms with Crippen molar-refractivity contribution >= 4 is 11.6 Å². The van der Waals surface area contributed by atoms with Gasteiger partial charge in [-0.15, -0.1) is 0 Å². The average molecular weight is 402 g/mol. The van der Waals surface area contributed by atoms with Crippen LogP contribution in [0.4, 0.5) is 0 Å². The summed E-state index contributed by atoms with van der Waals surface area (Å²) in [6, 6.07) is 0. The summed E-state index contributed by atoms with van der Waals surface area (Å²) in [6.07, 6.45) is 9.66. The minimum Gasteiger partial charge on any atom is -0.505 e. The van der Waals surface area contributed by atoms with Gasteiger partial charge >= 0.3 is 0 Å². The van der Waals surface area contributed by atoms with Crippen LogP contribution in [0.1, 0.15) is 86.5 Å². The van der Waals surface area contributed by atoms with Gasteiger partial charge in [-0.25, -0.2) is 0 Å². The van der Waals surface area contributed by atoms with E-state index in [4.69, 9.17) is 0 Å². The third-order valence-corrected chi connectivity index (χ3v) is 5.04. The summed E-state index contributed by atoms with van der Waals surface area (Å²) in [5, 5.41) is 14.1. The second-order valence-corrected chi connectivity index (χ2v) is 8.65. The molecule has 0 atom stereocenters. The minimum atomic E-state index is -0.558. The first-order valence-electron chi connectivity index (χ1n) is 11.0. The fourth-order valence-electron chi connectivity index (χ4n) is 3.23. The highest BCUT2D eigenvalue weighted by Crippen LogP contribution is 2.29. The van der Waals surface area contributed by atoms with Crippen molar-refractivity contribution in [1.29, 1.82) is 0 Å². The second kappa shape index (κ2) is 12.5. The van der Waals surface area contributed by atoms with E-state index in [1.54, 1.807) is 0 Å². The van der Waals surface area contributed by atoms with Gasteiger partial charge in [-0.1, -0.05) is 56.9 Å². The molecule has 0 fully saturated rings. The SMILES string of the molecule is CCCCCC1=C(NCC(C)C)C(O)=C(CC=C(C)CCC=C(C)C)C(=O)C1=O. The summed E-state index contributed by atoms with van der Waals surface area (Å²) in [7, 11) is 0. The highest BCUT2D eigenvalue weighted by molar-refractivity contribution is 6.50. The quantitative estimate of drug-likeness (QED) is 0.179. The number of aliphatic hydroxyl groups excluding tert-OH is 1. The Balaban J connectivity index is 3.11. The highest BCUT2D eigenvalue weighted by Gasteiger charge is 2.34. The van der Waals surface area contributed by atoms with Crippen LogP contribution in [-0.2, 0) is 9.59 Å². The van der Waals surface area contributed by atoms with E-state index in [-0.39, 0.29) is 17.8 Å². The zero-order valence-corrected chi connectivity index (χ0v) is 19.2. The fourth-order valence-corrected chi connectivity index (χ4v) is 3.23. The summed E-state index contributed by atoms with van der Waals surface area (Å²) < 4.78 is 0. The number of rotatable bonds is 12. The maximum atomic E-state index is 12.8. The van der Waals surface area contributed by atoms with E-state index in [0.29, 0.717) is 30.2 Å². The summed E-state index contributed by atoms with van der Waals surface area (Å²) in [6.45, 7) is 13.1. The van der Waals surface area contributed by atoms with Gasteiger partial charge in [0.1, 0.15) is 5.76 Å². The van der Waals surface area contributed by atoms with Crippen molar-refractivity contribution in [1.82, 2.24) is 5.32 Å². The van der Waals surface area contributed by atoms with Gasteiger partial charge in [0.2, 0.25) is 11.6 Å². The maximum Gasteiger partial charge on any atom is 0.233 e. The number of aliphatic hydroxyl groups is 1. The van der Waals surface area contributed by atoms with E-state index in [1.807, 2.05) is 13.0 Å². The standard InChI is InChI=1S/C25H39NO3/c1-7-8-9-13-20-22(26-16-18(4)5)23(27)21(25(29)24(20)28)15-14-19(6)12-10-11-17(2)3/h11,14,18,26-27H,7-10,12-13,15-16H2,1-6H3. The van der Waals surface area contributed by atoms with Gasteiger partial charge in [-0.2, -0.15) is 0 Å². The van der Waals surface area contributed by atoms with Gasteiger partial charge < -0.3 is 10.4 Å². The van der Waals surface area contributed by atoms with E-state index in [2.05, 4.69) is 46.0 Å². The van der Waals surface area contributed by atoms with Crippen LogP contribution in [0.3, 0.4) is 0 Å². The number of hydrogen-bond donors (Lipinski definition) is 2.